The van der Waals surface area contributed by atoms with E-state index in [2.05, 4.69) is 4.99 Å². The first kappa shape index (κ1) is 9.84. The van der Waals surface area contributed by atoms with Crippen LogP contribution < -0.4 is 0 Å². The van der Waals surface area contributed by atoms with Crippen molar-refractivity contribution in [3.05, 3.63) is 29.6 Å². The quantitative estimate of drug-likeness (QED) is 0.749. The van der Waals surface area contributed by atoms with Crippen LogP contribution in [0, 0.1) is 11.2 Å². The zero-order valence-electron chi connectivity index (χ0n) is 8.53. The van der Waals surface area contributed by atoms with Crippen LogP contribution in [0.1, 0.15) is 12.0 Å². The monoisotopic (exact) mass is 235 g/mol. The Balaban J connectivity index is 2.18. The Kier molecular flexibility index (Phi) is 2.21. The van der Waals surface area contributed by atoms with Crippen molar-refractivity contribution in [1.29, 1.82) is 5.41 Å². The summed E-state index contributed by atoms with van der Waals surface area (Å²) >= 11 is 1.37. The van der Waals surface area contributed by atoms with Gasteiger partial charge < -0.3 is 4.90 Å². The predicted molar refractivity (Wildman–Crippen MR) is 62.7 cm³/mol. The van der Waals surface area contributed by atoms with E-state index in [0.717, 1.165) is 35.8 Å². The first-order valence-corrected chi connectivity index (χ1v) is 5.96. The molecule has 16 heavy (non-hydrogen) atoms. The van der Waals surface area contributed by atoms with Crippen LogP contribution in [-0.4, -0.2) is 29.0 Å². The van der Waals surface area contributed by atoms with E-state index in [1.807, 2.05) is 4.90 Å². The van der Waals surface area contributed by atoms with Gasteiger partial charge in [0.1, 0.15) is 11.7 Å². The maximum atomic E-state index is 13.2. The van der Waals surface area contributed by atoms with Gasteiger partial charge in [0.25, 0.3) is 0 Å². The molecule has 1 aromatic carbocycles. The van der Waals surface area contributed by atoms with Gasteiger partial charge in [0.05, 0.1) is 0 Å². The second-order valence-corrected chi connectivity index (χ2v) is 4.79. The van der Waals surface area contributed by atoms with Crippen molar-refractivity contribution in [3.8, 4) is 0 Å². The fraction of sp³-hybridized carbons (Fsp3) is 0.273. The Morgan fingerprint density at radius 1 is 1.44 bits per heavy atom. The van der Waals surface area contributed by atoms with E-state index < -0.39 is 0 Å². The van der Waals surface area contributed by atoms with E-state index in [1.165, 1.54) is 23.9 Å². The lowest BCUT2D eigenvalue weighted by molar-refractivity contribution is 0.550. The molecule has 0 saturated carbocycles. The van der Waals surface area contributed by atoms with Crippen LogP contribution in [0.25, 0.3) is 0 Å². The standard InChI is InChI=1S/C11H10FN3S/c12-7-2-3-9-8(6-7)10-14-4-1-5-15(10)11(13)16-9/h2-3,6,13H,1,4-5H2. The SMILES string of the molecule is N=C1Sc2ccc(F)cc2C2=NCCCN12. The number of nitrogens with one attached hydrogen (secondary N) is 1. The molecule has 0 fully saturated rings. The molecule has 0 spiro atoms. The Labute approximate surface area is 96.9 Å². The lowest BCUT2D eigenvalue weighted by Crippen LogP contribution is -2.42. The minimum atomic E-state index is -0.249. The number of amidine groups is 2. The maximum Gasteiger partial charge on any atom is 0.166 e. The summed E-state index contributed by atoms with van der Waals surface area (Å²) < 4.78 is 13.2. The zero-order chi connectivity index (χ0) is 11.1. The Bertz CT molecular complexity index is 498. The van der Waals surface area contributed by atoms with Crippen LogP contribution in [0.4, 0.5) is 4.39 Å². The number of aliphatic imine (C=N–C) groups is 1. The molecule has 1 aromatic rings. The van der Waals surface area contributed by atoms with E-state index in [0.29, 0.717) is 5.17 Å². The number of halogens is 1. The summed E-state index contributed by atoms with van der Waals surface area (Å²) in [6, 6.07) is 4.66. The summed E-state index contributed by atoms with van der Waals surface area (Å²) in [7, 11) is 0. The molecular weight excluding hydrogens is 225 g/mol. The lowest BCUT2D eigenvalue weighted by Gasteiger charge is -2.33. The van der Waals surface area contributed by atoms with Crippen LogP contribution >= 0.6 is 11.8 Å². The van der Waals surface area contributed by atoms with Crippen molar-refractivity contribution in [2.45, 2.75) is 11.3 Å². The smallest absolute Gasteiger partial charge is 0.166 e. The maximum absolute atomic E-state index is 13.2. The highest BCUT2D eigenvalue weighted by molar-refractivity contribution is 8.14. The van der Waals surface area contributed by atoms with Gasteiger partial charge in [0, 0.05) is 23.5 Å². The van der Waals surface area contributed by atoms with Crippen LogP contribution in [0.5, 0.6) is 0 Å². The van der Waals surface area contributed by atoms with Gasteiger partial charge >= 0.3 is 0 Å². The van der Waals surface area contributed by atoms with Gasteiger partial charge in [-0.3, -0.25) is 10.4 Å². The first-order valence-electron chi connectivity index (χ1n) is 5.14. The molecule has 0 aliphatic carbocycles. The number of benzene rings is 1. The first-order chi connectivity index (χ1) is 7.75. The average Bonchev–Trinajstić information content (AvgIpc) is 2.31. The molecule has 0 radical (unpaired) electrons. The molecule has 82 valence electrons. The van der Waals surface area contributed by atoms with E-state index >= 15 is 0 Å². The second kappa shape index (κ2) is 3.59. The van der Waals surface area contributed by atoms with E-state index in [-0.39, 0.29) is 5.82 Å². The zero-order valence-corrected chi connectivity index (χ0v) is 9.35. The van der Waals surface area contributed by atoms with Gasteiger partial charge in [-0.05, 0) is 24.6 Å². The normalized spacial score (nSPS) is 18.9. The van der Waals surface area contributed by atoms with Crippen molar-refractivity contribution in [2.24, 2.45) is 4.99 Å². The molecule has 3 rings (SSSR count). The Morgan fingerprint density at radius 2 is 2.31 bits per heavy atom. The molecule has 0 bridgehead atoms. The summed E-state index contributed by atoms with van der Waals surface area (Å²) in [4.78, 5) is 7.18. The largest absolute Gasteiger partial charge is 0.305 e. The highest BCUT2D eigenvalue weighted by atomic mass is 32.2. The summed E-state index contributed by atoms with van der Waals surface area (Å²) in [6.45, 7) is 1.57. The van der Waals surface area contributed by atoms with Crippen molar-refractivity contribution >= 4 is 22.8 Å². The Hall–Kier alpha value is -1.36. The topological polar surface area (TPSA) is 39.5 Å². The summed E-state index contributed by atoms with van der Waals surface area (Å²) in [5.41, 5.74) is 0.820. The number of nitrogens with zero attached hydrogens (tertiary/aromatic N) is 2. The Morgan fingerprint density at radius 3 is 3.19 bits per heavy atom. The van der Waals surface area contributed by atoms with Gasteiger partial charge in [-0.25, -0.2) is 4.39 Å². The minimum Gasteiger partial charge on any atom is -0.305 e. The summed E-state index contributed by atoms with van der Waals surface area (Å²) in [5, 5.41) is 8.40. The van der Waals surface area contributed by atoms with Gasteiger partial charge in [0.2, 0.25) is 0 Å². The van der Waals surface area contributed by atoms with E-state index in [4.69, 9.17) is 5.41 Å². The molecule has 3 nitrogen and oxygen atoms in total. The third kappa shape index (κ3) is 1.43. The van der Waals surface area contributed by atoms with Crippen molar-refractivity contribution in [3.63, 3.8) is 0 Å². The highest BCUT2D eigenvalue weighted by Crippen LogP contribution is 2.33. The van der Waals surface area contributed by atoms with Gasteiger partial charge in [0.15, 0.2) is 5.17 Å². The van der Waals surface area contributed by atoms with Crippen molar-refractivity contribution in [2.75, 3.05) is 13.1 Å². The molecule has 2 aliphatic rings. The highest BCUT2D eigenvalue weighted by Gasteiger charge is 2.29. The van der Waals surface area contributed by atoms with Crippen molar-refractivity contribution < 1.29 is 4.39 Å². The van der Waals surface area contributed by atoms with Crippen LogP contribution in [0.15, 0.2) is 28.1 Å². The molecule has 0 aromatic heterocycles. The van der Waals surface area contributed by atoms with Crippen LogP contribution in [-0.2, 0) is 0 Å². The third-order valence-electron chi connectivity index (χ3n) is 2.69. The fourth-order valence-corrected chi connectivity index (χ4v) is 2.85. The van der Waals surface area contributed by atoms with Gasteiger partial charge in [-0.15, -0.1) is 0 Å². The lowest BCUT2D eigenvalue weighted by atomic mass is 10.1. The minimum absolute atomic E-state index is 0.249. The number of thioether (sulfide) groups is 1. The van der Waals surface area contributed by atoms with E-state index in [1.54, 1.807) is 6.07 Å². The van der Waals surface area contributed by atoms with Gasteiger partial charge in [-0.2, -0.15) is 0 Å². The fourth-order valence-electron chi connectivity index (χ4n) is 1.96. The number of hydrogen-bond acceptors (Lipinski definition) is 3. The van der Waals surface area contributed by atoms with Crippen LogP contribution in [0.2, 0.25) is 0 Å². The molecular formula is C11H10FN3S. The molecule has 0 atom stereocenters. The molecule has 0 unspecified atom stereocenters. The molecule has 1 N–H and O–H groups in total. The molecule has 5 heteroatoms. The average molecular weight is 235 g/mol. The third-order valence-corrected chi connectivity index (χ3v) is 3.68. The second-order valence-electron chi connectivity index (χ2n) is 3.76. The molecule has 2 heterocycles. The van der Waals surface area contributed by atoms with Crippen molar-refractivity contribution in [1.82, 2.24) is 4.90 Å². The number of fused-ring (bicyclic) bond motifs is 3. The van der Waals surface area contributed by atoms with E-state index in [9.17, 15) is 4.39 Å². The van der Waals surface area contributed by atoms with Crippen LogP contribution in [0.3, 0.4) is 0 Å². The molecule has 0 saturated heterocycles. The number of hydrogen-bond donors (Lipinski definition) is 1. The predicted octanol–water partition coefficient (Wildman–Crippen LogP) is 2.32. The number of rotatable bonds is 0. The molecule has 0 amide bonds. The molecule has 2 aliphatic heterocycles. The summed E-state index contributed by atoms with van der Waals surface area (Å²) in [6.07, 6.45) is 0.955. The van der Waals surface area contributed by atoms with Gasteiger partial charge in [-0.1, -0.05) is 11.8 Å². The summed E-state index contributed by atoms with van der Waals surface area (Å²) in [5.74, 6) is 0.505.